The number of hydrogen-bond acceptors (Lipinski definition) is 2. The molecule has 1 N–H and O–H groups in total. The van der Waals surface area contributed by atoms with Crippen LogP contribution < -0.4 is 5.32 Å². The third-order valence-corrected chi connectivity index (χ3v) is 2.41. The lowest BCUT2D eigenvalue weighted by atomic mass is 10.3. The van der Waals surface area contributed by atoms with Crippen molar-refractivity contribution in [3.63, 3.8) is 0 Å². The highest BCUT2D eigenvalue weighted by Gasteiger charge is 2.04. The zero-order valence-electron chi connectivity index (χ0n) is 8.18. The Labute approximate surface area is 91.6 Å². The lowest BCUT2D eigenvalue weighted by molar-refractivity contribution is 0.128. The van der Waals surface area contributed by atoms with E-state index >= 15 is 0 Å². The molecule has 0 aromatic heterocycles. The second kappa shape index (κ2) is 5.32. The molecule has 1 aromatic rings. The van der Waals surface area contributed by atoms with Crippen LogP contribution in [0.3, 0.4) is 0 Å². The van der Waals surface area contributed by atoms with Crippen LogP contribution in [0.2, 0.25) is 0 Å². The second-order valence-corrected chi connectivity index (χ2v) is 3.97. The molecule has 0 fully saturated rings. The van der Waals surface area contributed by atoms with Crippen molar-refractivity contribution >= 4 is 21.6 Å². The summed E-state index contributed by atoms with van der Waals surface area (Å²) in [5.74, 6) is -0.261. The molecule has 78 valence electrons. The minimum Gasteiger partial charge on any atom is -0.380 e. The Kier molecular flexibility index (Phi) is 4.35. The van der Waals surface area contributed by atoms with Crippen molar-refractivity contribution in [2.75, 3.05) is 19.0 Å². The summed E-state index contributed by atoms with van der Waals surface area (Å²) < 4.78 is 19.0. The van der Waals surface area contributed by atoms with Crippen molar-refractivity contribution in [3.05, 3.63) is 28.5 Å². The van der Waals surface area contributed by atoms with Crippen LogP contribution in [0.25, 0.3) is 0 Å². The van der Waals surface area contributed by atoms with E-state index in [2.05, 4.69) is 21.2 Å². The number of rotatable bonds is 4. The van der Waals surface area contributed by atoms with Crippen molar-refractivity contribution in [3.8, 4) is 0 Å². The van der Waals surface area contributed by atoms with Crippen molar-refractivity contribution in [1.29, 1.82) is 0 Å². The number of hydrogen-bond donors (Lipinski definition) is 1. The number of halogens is 2. The topological polar surface area (TPSA) is 21.3 Å². The molecule has 1 rings (SSSR count). The van der Waals surface area contributed by atoms with Gasteiger partial charge in [-0.3, -0.25) is 0 Å². The molecular formula is C10H13BrFNO. The third-order valence-electron chi connectivity index (χ3n) is 1.91. The standard InChI is InChI=1S/C10H13BrFNO/c1-7(14-2)6-13-10-4-3-8(11)5-9(10)12/h3-5,7,13H,6H2,1-2H3. The molecule has 0 saturated carbocycles. The van der Waals surface area contributed by atoms with Gasteiger partial charge in [-0.1, -0.05) is 15.9 Å². The van der Waals surface area contributed by atoms with E-state index in [-0.39, 0.29) is 11.9 Å². The first-order valence-corrected chi connectivity index (χ1v) is 5.14. The molecule has 14 heavy (non-hydrogen) atoms. The zero-order valence-corrected chi connectivity index (χ0v) is 9.77. The SMILES string of the molecule is COC(C)CNc1ccc(Br)cc1F. The normalized spacial score (nSPS) is 12.6. The monoisotopic (exact) mass is 261 g/mol. The summed E-state index contributed by atoms with van der Waals surface area (Å²) in [7, 11) is 1.63. The zero-order chi connectivity index (χ0) is 10.6. The van der Waals surface area contributed by atoms with Gasteiger partial charge in [-0.05, 0) is 25.1 Å². The van der Waals surface area contributed by atoms with E-state index in [0.29, 0.717) is 12.2 Å². The average Bonchev–Trinajstić information content (AvgIpc) is 2.16. The van der Waals surface area contributed by atoms with Crippen LogP contribution in [0.5, 0.6) is 0 Å². The maximum absolute atomic E-state index is 13.3. The predicted octanol–water partition coefficient (Wildman–Crippen LogP) is 3.04. The Balaban J connectivity index is 2.59. The van der Waals surface area contributed by atoms with Crippen LogP contribution in [0.15, 0.2) is 22.7 Å². The highest BCUT2D eigenvalue weighted by atomic mass is 79.9. The van der Waals surface area contributed by atoms with Crippen LogP contribution >= 0.6 is 15.9 Å². The average molecular weight is 262 g/mol. The largest absolute Gasteiger partial charge is 0.380 e. The molecule has 0 spiro atoms. The Morgan fingerprint density at radius 1 is 1.57 bits per heavy atom. The summed E-state index contributed by atoms with van der Waals surface area (Å²) in [5, 5.41) is 2.97. The van der Waals surface area contributed by atoms with Crippen LogP contribution in [0.1, 0.15) is 6.92 Å². The Bertz CT molecular complexity index is 306. The Morgan fingerprint density at radius 3 is 2.86 bits per heavy atom. The molecule has 0 amide bonds. The lowest BCUT2D eigenvalue weighted by Crippen LogP contribution is -2.18. The van der Waals surface area contributed by atoms with E-state index in [1.807, 2.05) is 6.92 Å². The lowest BCUT2D eigenvalue weighted by Gasteiger charge is -2.12. The minimum absolute atomic E-state index is 0.0676. The fourth-order valence-corrected chi connectivity index (χ4v) is 1.30. The Hall–Kier alpha value is -0.610. The summed E-state index contributed by atoms with van der Waals surface area (Å²) in [6.45, 7) is 2.51. The van der Waals surface area contributed by atoms with Crippen molar-refractivity contribution in [2.24, 2.45) is 0 Å². The van der Waals surface area contributed by atoms with E-state index in [0.717, 1.165) is 4.47 Å². The van der Waals surface area contributed by atoms with Crippen LogP contribution in [0.4, 0.5) is 10.1 Å². The van der Waals surface area contributed by atoms with Gasteiger partial charge in [0.15, 0.2) is 0 Å². The van der Waals surface area contributed by atoms with Gasteiger partial charge >= 0.3 is 0 Å². The molecule has 0 aliphatic rings. The van der Waals surface area contributed by atoms with Gasteiger partial charge in [0.2, 0.25) is 0 Å². The fourth-order valence-electron chi connectivity index (χ4n) is 0.970. The van der Waals surface area contributed by atoms with Crippen LogP contribution in [-0.2, 0) is 4.74 Å². The summed E-state index contributed by atoms with van der Waals surface area (Å²) in [6.07, 6.45) is 0.0676. The summed E-state index contributed by atoms with van der Waals surface area (Å²) in [4.78, 5) is 0. The molecule has 0 bridgehead atoms. The summed E-state index contributed by atoms with van der Waals surface area (Å²) >= 11 is 3.20. The van der Waals surface area contributed by atoms with Gasteiger partial charge in [0.1, 0.15) is 5.82 Å². The van der Waals surface area contributed by atoms with E-state index in [1.165, 1.54) is 6.07 Å². The van der Waals surface area contributed by atoms with Crippen LogP contribution in [-0.4, -0.2) is 19.8 Å². The molecule has 0 aliphatic carbocycles. The Morgan fingerprint density at radius 2 is 2.29 bits per heavy atom. The van der Waals surface area contributed by atoms with Gasteiger partial charge in [0.05, 0.1) is 11.8 Å². The van der Waals surface area contributed by atoms with Gasteiger partial charge in [0.25, 0.3) is 0 Å². The number of benzene rings is 1. The molecule has 0 aliphatic heterocycles. The molecule has 2 nitrogen and oxygen atoms in total. The molecule has 1 aromatic carbocycles. The highest BCUT2D eigenvalue weighted by Crippen LogP contribution is 2.19. The molecule has 0 heterocycles. The third kappa shape index (κ3) is 3.27. The highest BCUT2D eigenvalue weighted by molar-refractivity contribution is 9.10. The van der Waals surface area contributed by atoms with Gasteiger partial charge in [-0.15, -0.1) is 0 Å². The summed E-state index contributed by atoms with van der Waals surface area (Å²) in [6, 6.07) is 4.92. The first kappa shape index (κ1) is 11.5. The molecule has 0 saturated heterocycles. The predicted molar refractivity (Wildman–Crippen MR) is 59.1 cm³/mol. The van der Waals surface area contributed by atoms with Crippen molar-refractivity contribution in [2.45, 2.75) is 13.0 Å². The van der Waals surface area contributed by atoms with E-state index in [1.54, 1.807) is 19.2 Å². The molecule has 1 atom stereocenters. The molecule has 0 radical (unpaired) electrons. The van der Waals surface area contributed by atoms with E-state index in [9.17, 15) is 4.39 Å². The van der Waals surface area contributed by atoms with Gasteiger partial charge in [-0.25, -0.2) is 4.39 Å². The number of methoxy groups -OCH3 is 1. The van der Waals surface area contributed by atoms with Gasteiger partial charge < -0.3 is 10.1 Å². The summed E-state index contributed by atoms with van der Waals surface area (Å²) in [5.41, 5.74) is 0.497. The van der Waals surface area contributed by atoms with Gasteiger partial charge in [0, 0.05) is 18.1 Å². The van der Waals surface area contributed by atoms with E-state index < -0.39 is 0 Å². The second-order valence-electron chi connectivity index (χ2n) is 3.05. The smallest absolute Gasteiger partial charge is 0.147 e. The molecule has 4 heteroatoms. The van der Waals surface area contributed by atoms with Crippen LogP contribution in [0, 0.1) is 5.82 Å². The maximum atomic E-state index is 13.3. The van der Waals surface area contributed by atoms with Gasteiger partial charge in [-0.2, -0.15) is 0 Å². The van der Waals surface area contributed by atoms with Crippen molar-refractivity contribution in [1.82, 2.24) is 0 Å². The fraction of sp³-hybridized carbons (Fsp3) is 0.400. The van der Waals surface area contributed by atoms with E-state index in [4.69, 9.17) is 4.74 Å². The first-order chi connectivity index (χ1) is 6.63. The first-order valence-electron chi connectivity index (χ1n) is 4.35. The number of nitrogens with one attached hydrogen (secondary N) is 1. The molecular weight excluding hydrogens is 249 g/mol. The number of ether oxygens (including phenoxy) is 1. The molecule has 1 unspecified atom stereocenters. The minimum atomic E-state index is -0.261. The maximum Gasteiger partial charge on any atom is 0.147 e. The number of anilines is 1. The quantitative estimate of drug-likeness (QED) is 0.900. The van der Waals surface area contributed by atoms with Crippen molar-refractivity contribution < 1.29 is 9.13 Å².